The molecule has 118 valence electrons. The zero-order valence-electron chi connectivity index (χ0n) is 13.5. The average Bonchev–Trinajstić information content (AvgIpc) is 3.01. The molecule has 0 radical (unpaired) electrons. The fourth-order valence-corrected chi connectivity index (χ4v) is 3.85. The van der Waals surface area contributed by atoms with E-state index in [-0.39, 0.29) is 0 Å². The molecule has 1 aromatic heterocycles. The van der Waals surface area contributed by atoms with Gasteiger partial charge in [-0.15, -0.1) is 11.8 Å². The van der Waals surface area contributed by atoms with E-state index in [2.05, 4.69) is 73.7 Å². The Hall–Kier alpha value is -2.45. The number of hydrogen-bond donors (Lipinski definition) is 0. The van der Waals surface area contributed by atoms with Crippen molar-refractivity contribution in [1.82, 2.24) is 0 Å². The molecule has 0 aliphatic heterocycles. The molecule has 1 nitrogen and oxygen atoms in total. The standard InChI is InChI=1S/C22H18OS/c1-2-24-22-19-15-18(16-9-5-3-6-10-16)13-14-20(19)23-21(22)17-11-7-4-8-12-17/h3-15H,2H2,1H3. The van der Waals surface area contributed by atoms with Crippen LogP contribution < -0.4 is 0 Å². The van der Waals surface area contributed by atoms with Crippen LogP contribution in [0.4, 0.5) is 0 Å². The first-order valence-electron chi connectivity index (χ1n) is 8.17. The molecular formula is C22H18OS. The van der Waals surface area contributed by atoms with Gasteiger partial charge in [-0.3, -0.25) is 0 Å². The lowest BCUT2D eigenvalue weighted by atomic mass is 10.0. The van der Waals surface area contributed by atoms with Gasteiger partial charge in [-0.05, 0) is 29.0 Å². The second-order valence-corrected chi connectivity index (χ2v) is 6.91. The highest BCUT2D eigenvalue weighted by molar-refractivity contribution is 7.99. The summed E-state index contributed by atoms with van der Waals surface area (Å²) in [6.45, 7) is 2.18. The van der Waals surface area contributed by atoms with Crippen LogP contribution in [0.1, 0.15) is 6.92 Å². The van der Waals surface area contributed by atoms with Gasteiger partial charge in [0.05, 0.1) is 4.90 Å². The first-order valence-corrected chi connectivity index (χ1v) is 9.15. The molecule has 0 spiro atoms. The lowest BCUT2D eigenvalue weighted by Crippen LogP contribution is -1.79. The fourth-order valence-electron chi connectivity index (χ4n) is 2.95. The van der Waals surface area contributed by atoms with Gasteiger partial charge in [0, 0.05) is 10.9 Å². The summed E-state index contributed by atoms with van der Waals surface area (Å²) in [5, 5.41) is 1.20. The first-order chi connectivity index (χ1) is 11.9. The Balaban J connectivity index is 1.91. The summed E-state index contributed by atoms with van der Waals surface area (Å²) in [6, 6.07) is 27.3. The number of benzene rings is 3. The van der Waals surface area contributed by atoms with Crippen molar-refractivity contribution >= 4 is 22.7 Å². The van der Waals surface area contributed by atoms with Gasteiger partial charge >= 0.3 is 0 Å². The molecule has 0 aliphatic carbocycles. The highest BCUT2D eigenvalue weighted by Gasteiger charge is 2.16. The third-order valence-corrected chi connectivity index (χ3v) is 5.06. The van der Waals surface area contributed by atoms with Crippen LogP contribution in [-0.2, 0) is 0 Å². The third kappa shape index (κ3) is 2.74. The Kier molecular flexibility index (Phi) is 4.14. The zero-order chi connectivity index (χ0) is 16.4. The second-order valence-electron chi connectivity index (χ2n) is 5.64. The number of hydrogen-bond acceptors (Lipinski definition) is 2. The Morgan fingerprint density at radius 3 is 2.08 bits per heavy atom. The molecule has 4 rings (SSSR count). The van der Waals surface area contributed by atoms with Crippen molar-refractivity contribution in [2.24, 2.45) is 0 Å². The number of rotatable bonds is 4. The quantitative estimate of drug-likeness (QED) is 0.378. The SMILES string of the molecule is CCSc1c(-c2ccccc2)oc2ccc(-c3ccccc3)cc12. The van der Waals surface area contributed by atoms with Crippen LogP contribution in [0.5, 0.6) is 0 Å². The second kappa shape index (κ2) is 6.58. The topological polar surface area (TPSA) is 13.1 Å². The van der Waals surface area contributed by atoms with E-state index >= 15 is 0 Å². The van der Waals surface area contributed by atoms with E-state index in [1.54, 1.807) is 0 Å². The largest absolute Gasteiger partial charge is 0.455 e. The summed E-state index contributed by atoms with van der Waals surface area (Å²) >= 11 is 1.84. The van der Waals surface area contributed by atoms with Crippen molar-refractivity contribution in [3.05, 3.63) is 78.9 Å². The minimum absolute atomic E-state index is 0.949. The molecule has 0 aliphatic rings. The van der Waals surface area contributed by atoms with Crippen LogP contribution in [0, 0.1) is 0 Å². The molecule has 0 fully saturated rings. The molecule has 3 aromatic carbocycles. The average molecular weight is 330 g/mol. The predicted molar refractivity (Wildman–Crippen MR) is 103 cm³/mol. The molecule has 0 unspecified atom stereocenters. The van der Waals surface area contributed by atoms with E-state index in [0.29, 0.717) is 0 Å². The number of thioether (sulfide) groups is 1. The molecule has 4 aromatic rings. The van der Waals surface area contributed by atoms with Crippen molar-refractivity contribution in [3.63, 3.8) is 0 Å². The fraction of sp³-hybridized carbons (Fsp3) is 0.0909. The first kappa shape index (κ1) is 15.1. The summed E-state index contributed by atoms with van der Waals surface area (Å²) in [7, 11) is 0. The van der Waals surface area contributed by atoms with Crippen molar-refractivity contribution < 1.29 is 4.42 Å². The molecule has 24 heavy (non-hydrogen) atoms. The van der Waals surface area contributed by atoms with E-state index in [4.69, 9.17) is 4.42 Å². The summed E-state index contributed by atoms with van der Waals surface area (Å²) in [4.78, 5) is 1.23. The lowest BCUT2D eigenvalue weighted by Gasteiger charge is -2.03. The summed E-state index contributed by atoms with van der Waals surface area (Å²) < 4.78 is 6.21. The molecule has 0 saturated heterocycles. The van der Waals surface area contributed by atoms with Gasteiger partial charge in [-0.2, -0.15) is 0 Å². The minimum Gasteiger partial charge on any atom is -0.455 e. The van der Waals surface area contributed by atoms with E-state index in [1.165, 1.54) is 21.4 Å². The molecule has 0 saturated carbocycles. The van der Waals surface area contributed by atoms with Gasteiger partial charge in [0.15, 0.2) is 0 Å². The molecule has 0 bridgehead atoms. The van der Waals surface area contributed by atoms with Gasteiger partial charge in [0.1, 0.15) is 11.3 Å². The van der Waals surface area contributed by atoms with Crippen LogP contribution >= 0.6 is 11.8 Å². The maximum Gasteiger partial charge on any atom is 0.148 e. The summed E-state index contributed by atoms with van der Waals surface area (Å²) in [5.41, 5.74) is 4.53. The highest BCUT2D eigenvalue weighted by Crippen LogP contribution is 2.41. The van der Waals surface area contributed by atoms with Crippen LogP contribution in [-0.4, -0.2) is 5.75 Å². The minimum atomic E-state index is 0.949. The van der Waals surface area contributed by atoms with Gasteiger partial charge in [-0.25, -0.2) is 0 Å². The predicted octanol–water partition coefficient (Wildman–Crippen LogP) is 6.88. The van der Waals surface area contributed by atoms with E-state index in [9.17, 15) is 0 Å². The third-order valence-electron chi connectivity index (χ3n) is 4.07. The van der Waals surface area contributed by atoms with Crippen molar-refractivity contribution in [1.29, 1.82) is 0 Å². The summed E-state index contributed by atoms with van der Waals surface area (Å²) in [6.07, 6.45) is 0. The monoisotopic (exact) mass is 330 g/mol. The van der Waals surface area contributed by atoms with Gasteiger partial charge < -0.3 is 4.42 Å². The Morgan fingerprint density at radius 2 is 1.42 bits per heavy atom. The van der Waals surface area contributed by atoms with Gasteiger partial charge in [0.25, 0.3) is 0 Å². The maximum absolute atomic E-state index is 6.21. The van der Waals surface area contributed by atoms with E-state index in [1.807, 2.05) is 23.9 Å². The van der Waals surface area contributed by atoms with Crippen LogP contribution in [0.2, 0.25) is 0 Å². The molecule has 1 heterocycles. The van der Waals surface area contributed by atoms with Crippen LogP contribution in [0.3, 0.4) is 0 Å². The maximum atomic E-state index is 6.21. The number of furan rings is 1. The number of fused-ring (bicyclic) bond motifs is 1. The smallest absolute Gasteiger partial charge is 0.148 e. The Morgan fingerprint density at radius 1 is 0.750 bits per heavy atom. The lowest BCUT2D eigenvalue weighted by molar-refractivity contribution is 0.625. The Labute approximate surface area is 146 Å². The molecule has 2 heteroatoms. The molecule has 0 atom stereocenters. The van der Waals surface area contributed by atoms with Crippen LogP contribution in [0.15, 0.2) is 88.2 Å². The normalized spacial score (nSPS) is 11.0. The molecule has 0 N–H and O–H groups in total. The van der Waals surface area contributed by atoms with Gasteiger partial charge in [0.2, 0.25) is 0 Å². The van der Waals surface area contributed by atoms with E-state index in [0.717, 1.165) is 22.7 Å². The Bertz CT molecular complexity index is 955. The molecule has 0 amide bonds. The van der Waals surface area contributed by atoms with Gasteiger partial charge in [-0.1, -0.05) is 73.7 Å². The van der Waals surface area contributed by atoms with Crippen molar-refractivity contribution in [3.8, 4) is 22.5 Å². The van der Waals surface area contributed by atoms with Crippen LogP contribution in [0.25, 0.3) is 33.4 Å². The highest BCUT2D eigenvalue weighted by atomic mass is 32.2. The van der Waals surface area contributed by atoms with Crippen molar-refractivity contribution in [2.45, 2.75) is 11.8 Å². The zero-order valence-corrected chi connectivity index (χ0v) is 14.3. The van der Waals surface area contributed by atoms with Crippen molar-refractivity contribution in [2.75, 3.05) is 5.75 Å². The van der Waals surface area contributed by atoms with E-state index < -0.39 is 0 Å². The summed E-state index contributed by atoms with van der Waals surface area (Å²) in [5.74, 6) is 1.99. The molecular weight excluding hydrogens is 312 g/mol.